The molecule has 1 aromatic carbocycles. The zero-order valence-electron chi connectivity index (χ0n) is 9.87. The fraction of sp³-hybridized carbons (Fsp3) is 0. The molecule has 0 saturated carbocycles. The van der Waals surface area contributed by atoms with Gasteiger partial charge in [-0.1, -0.05) is 37.9 Å². The molecule has 92 valence electrons. The van der Waals surface area contributed by atoms with E-state index in [1.54, 1.807) is 22.7 Å². The highest BCUT2D eigenvalue weighted by atomic mass is 32.1. The summed E-state index contributed by atoms with van der Waals surface area (Å²) in [6, 6.07) is 14.9. The third-order valence-corrected chi connectivity index (χ3v) is 8.14. The summed E-state index contributed by atoms with van der Waals surface area (Å²) in [5.74, 6) is 0. The van der Waals surface area contributed by atoms with E-state index in [1.807, 2.05) is 0 Å². The van der Waals surface area contributed by atoms with E-state index >= 15 is 0 Å². The first kappa shape index (κ1) is 11.4. The first-order chi connectivity index (χ1) is 9.38. The number of hydrogen-bond acceptors (Lipinski definition) is 3. The lowest BCUT2D eigenvalue weighted by molar-refractivity contribution is 0.112. The fourth-order valence-electron chi connectivity index (χ4n) is 2.42. The van der Waals surface area contributed by atoms with E-state index in [-0.39, 0.29) is 0 Å². The van der Waals surface area contributed by atoms with Gasteiger partial charge in [-0.05, 0) is 22.8 Å². The molecule has 3 heterocycles. The summed E-state index contributed by atoms with van der Waals surface area (Å²) in [7, 11) is -0.458. The Balaban J connectivity index is 2.18. The molecule has 4 heteroatoms. The topological polar surface area (TPSA) is 17.1 Å². The molecule has 1 atom stereocenters. The van der Waals surface area contributed by atoms with Crippen molar-refractivity contribution in [1.29, 1.82) is 0 Å². The van der Waals surface area contributed by atoms with Crippen molar-refractivity contribution < 1.29 is 4.79 Å². The van der Waals surface area contributed by atoms with Crippen LogP contribution in [0.15, 0.2) is 47.8 Å². The predicted octanol–water partition coefficient (Wildman–Crippen LogP) is 5.90. The molecule has 0 saturated heterocycles. The highest BCUT2D eigenvalue weighted by Crippen LogP contribution is 2.58. The number of hydrogen-bond donors (Lipinski definition) is 0. The second-order valence-corrected chi connectivity index (χ2v) is 8.44. The molecular formula is C15H9OPS2. The van der Waals surface area contributed by atoms with E-state index in [4.69, 9.17) is 0 Å². The molecule has 4 aromatic rings. The maximum Gasteiger partial charge on any atom is 0.160 e. The molecule has 0 bridgehead atoms. The Bertz CT molecular complexity index is 883. The smallest absolute Gasteiger partial charge is 0.160 e. The van der Waals surface area contributed by atoms with Gasteiger partial charge in [0.25, 0.3) is 0 Å². The van der Waals surface area contributed by atoms with E-state index in [1.165, 1.54) is 24.9 Å². The Kier molecular flexibility index (Phi) is 2.59. The Morgan fingerprint density at radius 1 is 1.00 bits per heavy atom. The van der Waals surface area contributed by atoms with Gasteiger partial charge in [0.05, 0.1) is 14.3 Å². The number of benzene rings is 1. The van der Waals surface area contributed by atoms with Gasteiger partial charge >= 0.3 is 0 Å². The van der Waals surface area contributed by atoms with Crippen molar-refractivity contribution in [2.45, 2.75) is 0 Å². The van der Waals surface area contributed by atoms with Gasteiger partial charge in [-0.2, -0.15) is 0 Å². The number of aldehydes is 1. The molecule has 0 amide bonds. The molecule has 3 aromatic heterocycles. The summed E-state index contributed by atoms with van der Waals surface area (Å²) in [4.78, 5) is 11.9. The lowest BCUT2D eigenvalue weighted by Gasteiger charge is -2.00. The van der Waals surface area contributed by atoms with Crippen LogP contribution in [-0.4, -0.2) is 6.29 Å². The van der Waals surface area contributed by atoms with Crippen LogP contribution >= 0.6 is 30.2 Å². The van der Waals surface area contributed by atoms with Crippen LogP contribution in [0.5, 0.6) is 0 Å². The minimum absolute atomic E-state index is 0.458. The van der Waals surface area contributed by atoms with E-state index in [2.05, 4.69) is 47.8 Å². The van der Waals surface area contributed by atoms with Crippen molar-refractivity contribution in [3.63, 3.8) is 0 Å². The van der Waals surface area contributed by atoms with Crippen LogP contribution in [0.4, 0.5) is 0 Å². The van der Waals surface area contributed by atoms with Gasteiger partial charge < -0.3 is 0 Å². The molecule has 19 heavy (non-hydrogen) atoms. The third kappa shape index (κ3) is 1.63. The molecule has 0 radical (unpaired) electrons. The van der Waals surface area contributed by atoms with Crippen molar-refractivity contribution in [1.82, 2.24) is 0 Å². The van der Waals surface area contributed by atoms with Crippen LogP contribution in [0.2, 0.25) is 0 Å². The highest BCUT2D eigenvalue weighted by Gasteiger charge is 2.16. The Morgan fingerprint density at radius 2 is 1.84 bits per heavy atom. The molecular weight excluding hydrogens is 291 g/mol. The van der Waals surface area contributed by atoms with Gasteiger partial charge in [0.2, 0.25) is 0 Å². The summed E-state index contributed by atoms with van der Waals surface area (Å²) < 4.78 is 2.67. The normalized spacial score (nSPS) is 12.3. The number of thiophene rings is 2. The van der Waals surface area contributed by atoms with Crippen LogP contribution in [0, 0.1) is 0 Å². The van der Waals surface area contributed by atoms with Crippen LogP contribution in [0.25, 0.3) is 24.9 Å². The second kappa shape index (κ2) is 4.31. The average molecular weight is 300 g/mol. The summed E-state index contributed by atoms with van der Waals surface area (Å²) in [6.45, 7) is 0. The number of carbonyl (C=O) groups is 1. The Morgan fingerprint density at radius 3 is 2.63 bits per heavy atom. The first-order valence-electron chi connectivity index (χ1n) is 5.90. The van der Waals surface area contributed by atoms with E-state index in [9.17, 15) is 4.79 Å². The van der Waals surface area contributed by atoms with Crippen molar-refractivity contribution in [3.8, 4) is 5.30 Å². The van der Waals surface area contributed by atoms with Gasteiger partial charge in [0, 0.05) is 10.2 Å². The maximum atomic E-state index is 11.0. The number of rotatable bonds is 2. The lowest BCUT2D eigenvalue weighted by atomic mass is 10.4. The molecule has 0 spiro atoms. The zero-order valence-corrected chi connectivity index (χ0v) is 12.4. The molecule has 0 N–H and O–H groups in total. The molecule has 0 aliphatic carbocycles. The van der Waals surface area contributed by atoms with Gasteiger partial charge in [0.15, 0.2) is 6.29 Å². The third-order valence-electron chi connectivity index (χ3n) is 3.19. The van der Waals surface area contributed by atoms with Gasteiger partial charge in [-0.25, -0.2) is 0 Å². The molecule has 0 fully saturated rings. The van der Waals surface area contributed by atoms with Gasteiger partial charge in [-0.15, -0.1) is 22.7 Å². The number of carbonyl (C=O) groups excluding carboxylic acids is 1. The maximum absolute atomic E-state index is 11.0. The predicted molar refractivity (Wildman–Crippen MR) is 86.6 cm³/mol. The summed E-state index contributed by atoms with van der Waals surface area (Å²) in [5, 5.41) is 6.33. The van der Waals surface area contributed by atoms with E-state index in [0.29, 0.717) is 0 Å². The summed E-state index contributed by atoms with van der Waals surface area (Å²) in [5.41, 5.74) is 0. The minimum atomic E-state index is -0.458. The van der Waals surface area contributed by atoms with Crippen LogP contribution < -0.4 is 0 Å². The minimum Gasteiger partial charge on any atom is -0.297 e. The SMILES string of the molecule is O=Cc1cc2c(s1)c1sccc1p2-c1ccccc1. The van der Waals surface area contributed by atoms with E-state index < -0.39 is 7.53 Å². The highest BCUT2D eigenvalue weighted by molar-refractivity contribution is 7.69. The second-order valence-electron chi connectivity index (χ2n) is 4.29. The molecule has 1 nitrogen and oxygen atoms in total. The summed E-state index contributed by atoms with van der Waals surface area (Å²) in [6.07, 6.45) is 0.967. The molecule has 4 rings (SSSR count). The monoisotopic (exact) mass is 300 g/mol. The first-order valence-corrected chi connectivity index (χ1v) is 8.94. The van der Waals surface area contributed by atoms with E-state index in [0.717, 1.165) is 11.2 Å². The van der Waals surface area contributed by atoms with Crippen LogP contribution in [-0.2, 0) is 0 Å². The average Bonchev–Trinajstić information content (AvgIpc) is 3.10. The van der Waals surface area contributed by atoms with Crippen molar-refractivity contribution in [3.05, 3.63) is 52.7 Å². The largest absolute Gasteiger partial charge is 0.297 e. The van der Waals surface area contributed by atoms with Gasteiger partial charge in [0.1, 0.15) is 0 Å². The zero-order chi connectivity index (χ0) is 12.8. The number of fused-ring (bicyclic) bond motifs is 3. The Hall–Kier alpha value is -1.41. The molecule has 1 unspecified atom stereocenters. The van der Waals surface area contributed by atoms with Gasteiger partial charge in [-0.3, -0.25) is 4.79 Å². The Labute approximate surface area is 119 Å². The lowest BCUT2D eigenvalue weighted by Crippen LogP contribution is -1.65. The van der Waals surface area contributed by atoms with Crippen LogP contribution in [0.1, 0.15) is 9.67 Å². The van der Waals surface area contributed by atoms with Crippen molar-refractivity contribution in [2.75, 3.05) is 0 Å². The molecule has 0 aliphatic rings. The summed E-state index contributed by atoms with van der Waals surface area (Å²) >= 11 is 3.41. The van der Waals surface area contributed by atoms with Crippen molar-refractivity contribution in [2.24, 2.45) is 0 Å². The quantitative estimate of drug-likeness (QED) is 0.421. The van der Waals surface area contributed by atoms with Crippen molar-refractivity contribution >= 4 is 56.1 Å². The fourth-order valence-corrected chi connectivity index (χ4v) is 7.85. The standard InChI is InChI=1S/C15H9OPS2/c16-9-11-8-13-15(19-11)14-12(6-7-18-14)17(13)10-4-2-1-3-5-10/h1-9H. The van der Waals surface area contributed by atoms with Crippen LogP contribution in [0.3, 0.4) is 0 Å². The molecule has 0 aliphatic heterocycles.